The Morgan fingerprint density at radius 1 is 0.632 bits per heavy atom. The number of hydrogen-bond acceptors (Lipinski definition) is 3. The topological polar surface area (TPSA) is 18.5 Å². The minimum absolute atomic E-state index is 0.383. The van der Waals surface area contributed by atoms with Crippen LogP contribution in [-0.2, 0) is 9.47 Å². The maximum Gasteiger partial charge on any atom is 0.0556 e. The van der Waals surface area contributed by atoms with Crippen molar-refractivity contribution < 1.29 is 9.47 Å². The average Bonchev–Trinajstić information content (AvgIpc) is 2.22. The van der Waals surface area contributed by atoms with Crippen LogP contribution < -0.4 is 0 Å². The van der Waals surface area contributed by atoms with Crippen LogP contribution >= 0.6 is 11.8 Å². The third-order valence-corrected chi connectivity index (χ3v) is 3.65. The highest BCUT2D eigenvalue weighted by atomic mass is 32.2. The molecule has 0 fully saturated rings. The molecule has 0 N–H and O–H groups in total. The molecule has 0 bridgehead atoms. The minimum atomic E-state index is 0.383. The van der Waals surface area contributed by atoms with E-state index in [0.717, 1.165) is 50.8 Å². The van der Waals surface area contributed by atoms with Crippen molar-refractivity contribution in [3.63, 3.8) is 0 Å². The summed E-state index contributed by atoms with van der Waals surface area (Å²) < 4.78 is 11.2. The van der Waals surface area contributed by atoms with E-state index in [9.17, 15) is 0 Å². The van der Waals surface area contributed by atoms with E-state index in [0.29, 0.717) is 10.8 Å². The second-order valence-electron chi connectivity index (χ2n) is 7.46. The van der Waals surface area contributed by atoms with Crippen molar-refractivity contribution in [1.29, 1.82) is 0 Å². The van der Waals surface area contributed by atoms with Gasteiger partial charge in [0.25, 0.3) is 0 Å². The molecule has 0 saturated heterocycles. The molecule has 0 spiro atoms. The Hall–Kier alpha value is 0.270. The zero-order chi connectivity index (χ0) is 14.8. The lowest BCUT2D eigenvalue weighted by molar-refractivity contribution is 0.119. The third-order valence-electron chi connectivity index (χ3n) is 2.74. The normalized spacial score (nSPS) is 12.9. The smallest absolute Gasteiger partial charge is 0.0556 e. The van der Waals surface area contributed by atoms with Gasteiger partial charge in [-0.1, -0.05) is 41.5 Å². The fourth-order valence-corrected chi connectivity index (χ4v) is 1.97. The summed E-state index contributed by atoms with van der Waals surface area (Å²) in [7, 11) is 0. The molecule has 0 aromatic rings. The van der Waals surface area contributed by atoms with E-state index in [-0.39, 0.29) is 0 Å². The molecule has 0 aliphatic rings. The first kappa shape index (κ1) is 19.3. The van der Waals surface area contributed by atoms with Gasteiger partial charge in [-0.25, -0.2) is 0 Å². The van der Waals surface area contributed by atoms with Crippen molar-refractivity contribution in [2.24, 2.45) is 10.8 Å². The van der Waals surface area contributed by atoms with Crippen molar-refractivity contribution in [3.8, 4) is 0 Å². The molecule has 0 radical (unpaired) electrons. The highest BCUT2D eigenvalue weighted by molar-refractivity contribution is 7.99. The Morgan fingerprint density at radius 3 is 1.32 bits per heavy atom. The quantitative estimate of drug-likeness (QED) is 0.547. The summed E-state index contributed by atoms with van der Waals surface area (Å²) in [6.07, 6.45) is 2.27. The van der Waals surface area contributed by atoms with Crippen molar-refractivity contribution in [1.82, 2.24) is 0 Å². The number of ether oxygens (including phenoxy) is 2. The van der Waals surface area contributed by atoms with E-state index in [4.69, 9.17) is 9.47 Å². The zero-order valence-corrected chi connectivity index (χ0v) is 14.7. The molecule has 0 aliphatic heterocycles. The third kappa shape index (κ3) is 18.3. The number of hydrogen-bond donors (Lipinski definition) is 0. The summed E-state index contributed by atoms with van der Waals surface area (Å²) >= 11 is 1.92. The second kappa shape index (κ2) is 10.1. The molecule has 0 atom stereocenters. The molecule has 0 saturated carbocycles. The van der Waals surface area contributed by atoms with Gasteiger partial charge in [-0.2, -0.15) is 11.8 Å². The largest absolute Gasteiger partial charge is 0.381 e. The highest BCUT2D eigenvalue weighted by Gasteiger charge is 2.09. The van der Waals surface area contributed by atoms with Crippen molar-refractivity contribution in [2.75, 3.05) is 37.9 Å². The zero-order valence-electron chi connectivity index (χ0n) is 13.9. The van der Waals surface area contributed by atoms with Gasteiger partial charge in [0.2, 0.25) is 0 Å². The summed E-state index contributed by atoms with van der Waals surface area (Å²) in [5.41, 5.74) is 0.766. The predicted octanol–water partition coefficient (Wildman–Crippen LogP) is 4.63. The summed E-state index contributed by atoms with van der Waals surface area (Å²) in [4.78, 5) is 0. The maximum atomic E-state index is 5.62. The summed E-state index contributed by atoms with van der Waals surface area (Å²) in [6.45, 7) is 17.0. The molecule has 0 rings (SSSR count). The van der Waals surface area contributed by atoms with E-state index in [2.05, 4.69) is 41.5 Å². The Labute approximate surface area is 125 Å². The van der Waals surface area contributed by atoms with Crippen molar-refractivity contribution in [2.45, 2.75) is 54.4 Å². The highest BCUT2D eigenvalue weighted by Crippen LogP contribution is 2.18. The molecule has 0 unspecified atom stereocenters. The van der Waals surface area contributed by atoms with E-state index in [1.54, 1.807) is 0 Å². The van der Waals surface area contributed by atoms with Gasteiger partial charge in [-0.3, -0.25) is 0 Å². The molecular weight excluding hydrogens is 256 g/mol. The van der Waals surface area contributed by atoms with Crippen LogP contribution in [0, 0.1) is 10.8 Å². The van der Waals surface area contributed by atoms with E-state index in [1.807, 2.05) is 11.8 Å². The first-order valence-electron chi connectivity index (χ1n) is 7.44. The van der Waals surface area contributed by atoms with Crippen LogP contribution in [0.1, 0.15) is 54.4 Å². The first-order chi connectivity index (χ1) is 8.71. The van der Waals surface area contributed by atoms with Gasteiger partial charge in [-0.05, 0) is 23.7 Å². The lowest BCUT2D eigenvalue weighted by Gasteiger charge is -2.18. The molecular formula is C16H34O2S. The van der Waals surface area contributed by atoms with Gasteiger partial charge in [0, 0.05) is 24.7 Å². The van der Waals surface area contributed by atoms with E-state index in [1.165, 1.54) is 0 Å². The monoisotopic (exact) mass is 290 g/mol. The van der Waals surface area contributed by atoms with Crippen LogP contribution in [0.2, 0.25) is 0 Å². The van der Waals surface area contributed by atoms with Crippen LogP contribution in [-0.4, -0.2) is 37.9 Å². The Morgan fingerprint density at radius 2 is 1.00 bits per heavy atom. The van der Waals surface area contributed by atoms with Crippen LogP contribution in [0.15, 0.2) is 0 Å². The summed E-state index contributed by atoms with van der Waals surface area (Å²) in [5, 5.41) is 0. The molecule has 2 nitrogen and oxygen atoms in total. The lowest BCUT2D eigenvalue weighted by atomic mass is 9.93. The van der Waals surface area contributed by atoms with E-state index < -0.39 is 0 Å². The summed E-state index contributed by atoms with van der Waals surface area (Å²) in [6, 6.07) is 0. The number of rotatable bonds is 10. The summed E-state index contributed by atoms with van der Waals surface area (Å²) in [5.74, 6) is 2.15. The average molecular weight is 291 g/mol. The molecule has 3 heteroatoms. The molecule has 0 heterocycles. The SMILES string of the molecule is CC(C)(C)CCOCCSCCOCCC(C)(C)C. The van der Waals surface area contributed by atoms with Crippen LogP contribution in [0.4, 0.5) is 0 Å². The molecule has 19 heavy (non-hydrogen) atoms. The second-order valence-corrected chi connectivity index (χ2v) is 8.68. The van der Waals surface area contributed by atoms with Gasteiger partial charge in [0.15, 0.2) is 0 Å². The minimum Gasteiger partial charge on any atom is -0.381 e. The van der Waals surface area contributed by atoms with Gasteiger partial charge in [0.05, 0.1) is 13.2 Å². The molecule has 116 valence electrons. The molecule has 0 aromatic carbocycles. The van der Waals surface area contributed by atoms with Crippen molar-refractivity contribution in [3.05, 3.63) is 0 Å². The maximum absolute atomic E-state index is 5.62. The van der Waals surface area contributed by atoms with Gasteiger partial charge >= 0.3 is 0 Å². The Balaban J connectivity index is 3.12. The number of thioether (sulfide) groups is 1. The molecule has 0 aromatic heterocycles. The van der Waals surface area contributed by atoms with Gasteiger partial charge in [0.1, 0.15) is 0 Å². The van der Waals surface area contributed by atoms with Crippen LogP contribution in [0.5, 0.6) is 0 Å². The van der Waals surface area contributed by atoms with E-state index >= 15 is 0 Å². The van der Waals surface area contributed by atoms with Crippen LogP contribution in [0.3, 0.4) is 0 Å². The Kier molecular flexibility index (Phi) is 10.2. The fourth-order valence-electron chi connectivity index (χ4n) is 1.30. The molecule has 0 aliphatic carbocycles. The standard InChI is InChI=1S/C16H34O2S/c1-15(2,3)7-9-17-11-13-19-14-12-18-10-8-16(4,5)6/h7-14H2,1-6H3. The Bertz CT molecular complexity index is 182. The van der Waals surface area contributed by atoms with Gasteiger partial charge in [-0.15, -0.1) is 0 Å². The fraction of sp³-hybridized carbons (Fsp3) is 1.00. The van der Waals surface area contributed by atoms with Crippen molar-refractivity contribution >= 4 is 11.8 Å². The van der Waals surface area contributed by atoms with Gasteiger partial charge < -0.3 is 9.47 Å². The van der Waals surface area contributed by atoms with Crippen LogP contribution in [0.25, 0.3) is 0 Å². The first-order valence-corrected chi connectivity index (χ1v) is 8.59. The predicted molar refractivity (Wildman–Crippen MR) is 87.1 cm³/mol. The molecule has 0 amide bonds. The lowest BCUT2D eigenvalue weighted by Crippen LogP contribution is -2.11.